The van der Waals surface area contributed by atoms with Crippen molar-refractivity contribution in [1.29, 1.82) is 0 Å². The third-order valence-electron chi connectivity index (χ3n) is 8.43. The molecule has 0 aliphatic carbocycles. The Kier molecular flexibility index (Phi) is 10.6. The lowest BCUT2D eigenvalue weighted by molar-refractivity contribution is -0.165. The quantitative estimate of drug-likeness (QED) is 0.386. The van der Waals surface area contributed by atoms with E-state index in [-0.39, 0.29) is 24.5 Å². The second-order valence-corrected chi connectivity index (χ2v) is 10.9. The normalized spacial score (nSPS) is 19.1. The van der Waals surface area contributed by atoms with Crippen molar-refractivity contribution in [1.82, 2.24) is 20.4 Å². The second-order valence-electron chi connectivity index (χ2n) is 10.9. The summed E-state index contributed by atoms with van der Waals surface area (Å²) >= 11 is 0. The number of hydrogen-bond acceptors (Lipinski definition) is 5. The highest BCUT2D eigenvalue weighted by Gasteiger charge is 2.54. The summed E-state index contributed by atoms with van der Waals surface area (Å²) in [4.78, 5) is 44.0. The van der Waals surface area contributed by atoms with E-state index in [4.69, 9.17) is 4.74 Å². The van der Waals surface area contributed by atoms with Crippen molar-refractivity contribution in [3.05, 3.63) is 71.8 Å². The molecular formula is C32H44N4O4. The zero-order chi connectivity index (χ0) is 28.4. The van der Waals surface area contributed by atoms with Crippen molar-refractivity contribution < 1.29 is 19.1 Å². The molecule has 2 aliphatic rings. The molecule has 2 saturated heterocycles. The second kappa shape index (κ2) is 14.3. The number of amides is 3. The van der Waals surface area contributed by atoms with Gasteiger partial charge in [0.15, 0.2) is 0 Å². The highest BCUT2D eigenvalue weighted by Crippen LogP contribution is 2.36. The number of ether oxygens (including phenoxy) is 1. The van der Waals surface area contributed by atoms with Crippen LogP contribution in [0.15, 0.2) is 60.7 Å². The first kappa shape index (κ1) is 29.6. The largest absolute Gasteiger partial charge is 0.445 e. The number of nitrogens with zero attached hydrogens (tertiary/aromatic N) is 2. The van der Waals surface area contributed by atoms with Crippen molar-refractivity contribution >= 4 is 17.9 Å². The van der Waals surface area contributed by atoms with Gasteiger partial charge in [-0.05, 0) is 56.1 Å². The Labute approximate surface area is 238 Å². The first-order chi connectivity index (χ1) is 19.5. The van der Waals surface area contributed by atoms with E-state index >= 15 is 0 Å². The average Bonchev–Trinajstić information content (AvgIpc) is 2.99. The molecule has 2 aliphatic heterocycles. The Morgan fingerprint density at radius 2 is 1.62 bits per heavy atom. The summed E-state index contributed by atoms with van der Waals surface area (Å²) in [7, 11) is 0. The lowest BCUT2D eigenvalue weighted by Crippen LogP contribution is -2.74. The van der Waals surface area contributed by atoms with Crippen molar-refractivity contribution in [2.24, 2.45) is 0 Å². The number of piperazine rings is 1. The average molecular weight is 549 g/mol. The summed E-state index contributed by atoms with van der Waals surface area (Å²) in [6.45, 7) is 7.31. The zero-order valence-electron chi connectivity index (χ0n) is 23.9. The van der Waals surface area contributed by atoms with Gasteiger partial charge in [-0.1, -0.05) is 74.5 Å². The monoisotopic (exact) mass is 548 g/mol. The first-order valence-corrected chi connectivity index (χ1v) is 14.8. The van der Waals surface area contributed by atoms with E-state index < -0.39 is 17.7 Å². The summed E-state index contributed by atoms with van der Waals surface area (Å²) in [6.07, 6.45) is 4.46. The first-order valence-electron chi connectivity index (χ1n) is 14.8. The molecule has 8 heteroatoms. The van der Waals surface area contributed by atoms with Gasteiger partial charge in [-0.2, -0.15) is 0 Å². The van der Waals surface area contributed by atoms with Gasteiger partial charge in [-0.3, -0.25) is 9.59 Å². The molecule has 0 unspecified atom stereocenters. The summed E-state index contributed by atoms with van der Waals surface area (Å²) in [6, 6.07) is 19.4. The maximum absolute atomic E-state index is 13.9. The van der Waals surface area contributed by atoms with Crippen LogP contribution in [-0.2, 0) is 27.4 Å². The number of carbonyl (C=O) groups is 3. The molecule has 40 heavy (non-hydrogen) atoms. The Balaban J connectivity index is 1.30. The fourth-order valence-electron chi connectivity index (χ4n) is 6.04. The Bertz CT molecular complexity index is 1100. The van der Waals surface area contributed by atoms with Crippen molar-refractivity contribution in [2.75, 3.05) is 26.2 Å². The molecule has 4 rings (SSSR count). The van der Waals surface area contributed by atoms with Gasteiger partial charge in [0.25, 0.3) is 0 Å². The SMILES string of the molecule is CCC(CC)N1C(=O)[C@H](CCCNC(=O)OCc2ccccc2)NC(=O)C12CCN(CCc1ccccc1)CC2. The summed E-state index contributed by atoms with van der Waals surface area (Å²) in [5.74, 6) is -0.0142. The molecule has 1 spiro atoms. The van der Waals surface area contributed by atoms with E-state index in [2.05, 4.69) is 53.6 Å². The van der Waals surface area contributed by atoms with Crippen LogP contribution < -0.4 is 10.6 Å². The van der Waals surface area contributed by atoms with E-state index in [1.165, 1.54) is 5.56 Å². The van der Waals surface area contributed by atoms with Crippen LogP contribution in [0, 0.1) is 0 Å². The predicted octanol–water partition coefficient (Wildman–Crippen LogP) is 4.29. The number of alkyl carbamates (subject to hydrolysis) is 1. The molecule has 2 aromatic rings. The number of nitrogens with one attached hydrogen (secondary N) is 2. The van der Waals surface area contributed by atoms with Gasteiger partial charge >= 0.3 is 6.09 Å². The molecule has 2 aromatic carbocycles. The van der Waals surface area contributed by atoms with Gasteiger partial charge in [0.2, 0.25) is 11.8 Å². The van der Waals surface area contributed by atoms with Crippen molar-refractivity contribution in [2.45, 2.75) is 83.0 Å². The fourth-order valence-corrected chi connectivity index (χ4v) is 6.04. The van der Waals surface area contributed by atoms with E-state index in [1.54, 1.807) is 0 Å². The molecule has 3 amide bonds. The van der Waals surface area contributed by atoms with Gasteiger partial charge in [0, 0.05) is 32.2 Å². The van der Waals surface area contributed by atoms with Crippen LogP contribution in [0.25, 0.3) is 0 Å². The topological polar surface area (TPSA) is 91.0 Å². The van der Waals surface area contributed by atoms with Crippen LogP contribution in [0.1, 0.15) is 63.5 Å². The molecule has 2 N–H and O–H groups in total. The lowest BCUT2D eigenvalue weighted by Gasteiger charge is -2.54. The number of piperidine rings is 1. The standard InChI is InChI=1S/C32H44N4O4/c1-3-27(4-2)36-29(37)28(16-11-20-33-31(39)40-24-26-14-9-6-10-15-26)34-30(38)32(36)18-22-35(23-19-32)21-17-25-12-7-5-8-13-25/h5-10,12-15,27-28H,3-4,11,16-24H2,1-2H3,(H,33,39)(H,34,38)/t28-/m0/s1. The number of hydrogen-bond donors (Lipinski definition) is 2. The minimum atomic E-state index is -0.785. The van der Waals surface area contributed by atoms with Gasteiger partial charge in [0.1, 0.15) is 18.2 Å². The molecule has 0 bridgehead atoms. The van der Waals surface area contributed by atoms with Gasteiger partial charge in [0.05, 0.1) is 0 Å². The number of rotatable bonds is 12. The summed E-state index contributed by atoms with van der Waals surface area (Å²) in [5, 5.41) is 5.83. The Morgan fingerprint density at radius 3 is 2.25 bits per heavy atom. The molecular weight excluding hydrogens is 504 g/mol. The van der Waals surface area contributed by atoms with Crippen LogP contribution >= 0.6 is 0 Å². The summed E-state index contributed by atoms with van der Waals surface area (Å²) in [5.41, 5.74) is 1.45. The predicted molar refractivity (Wildman–Crippen MR) is 156 cm³/mol. The number of benzene rings is 2. The third kappa shape index (κ3) is 7.22. The molecule has 2 heterocycles. The molecule has 0 saturated carbocycles. The van der Waals surface area contributed by atoms with Crippen LogP contribution in [-0.4, -0.2) is 71.5 Å². The number of likely N-dealkylation sites (tertiary alicyclic amines) is 1. The van der Waals surface area contributed by atoms with E-state index in [1.807, 2.05) is 41.3 Å². The van der Waals surface area contributed by atoms with Gasteiger partial charge in [-0.25, -0.2) is 4.79 Å². The van der Waals surface area contributed by atoms with Crippen LogP contribution in [0.4, 0.5) is 4.79 Å². The van der Waals surface area contributed by atoms with Crippen LogP contribution in [0.3, 0.4) is 0 Å². The molecule has 0 radical (unpaired) electrons. The smallest absolute Gasteiger partial charge is 0.407 e. The molecule has 8 nitrogen and oxygen atoms in total. The Morgan fingerprint density at radius 1 is 1.00 bits per heavy atom. The fraction of sp³-hybridized carbons (Fsp3) is 0.531. The minimum Gasteiger partial charge on any atom is -0.445 e. The maximum Gasteiger partial charge on any atom is 0.407 e. The highest BCUT2D eigenvalue weighted by atomic mass is 16.5. The van der Waals surface area contributed by atoms with E-state index in [0.717, 1.165) is 44.5 Å². The third-order valence-corrected chi connectivity index (χ3v) is 8.43. The minimum absolute atomic E-state index is 0.0117. The highest BCUT2D eigenvalue weighted by molar-refractivity contribution is 6.00. The van der Waals surface area contributed by atoms with E-state index in [9.17, 15) is 14.4 Å². The van der Waals surface area contributed by atoms with Gasteiger partial charge in [-0.15, -0.1) is 0 Å². The maximum atomic E-state index is 13.9. The Hall–Kier alpha value is -3.39. The summed E-state index contributed by atoms with van der Waals surface area (Å²) < 4.78 is 5.26. The van der Waals surface area contributed by atoms with E-state index in [0.29, 0.717) is 32.2 Å². The molecule has 216 valence electrons. The van der Waals surface area contributed by atoms with Crippen molar-refractivity contribution in [3.63, 3.8) is 0 Å². The lowest BCUT2D eigenvalue weighted by atomic mass is 9.79. The van der Waals surface area contributed by atoms with Crippen LogP contribution in [0.2, 0.25) is 0 Å². The van der Waals surface area contributed by atoms with Crippen LogP contribution in [0.5, 0.6) is 0 Å². The van der Waals surface area contributed by atoms with Gasteiger partial charge < -0.3 is 25.2 Å². The molecule has 2 fully saturated rings. The zero-order valence-corrected chi connectivity index (χ0v) is 23.9. The molecule has 1 atom stereocenters. The number of carbonyl (C=O) groups excluding carboxylic acids is 3. The van der Waals surface area contributed by atoms with Crippen molar-refractivity contribution in [3.8, 4) is 0 Å². The molecule has 0 aromatic heterocycles.